The zero-order chi connectivity index (χ0) is 9.68. The summed E-state index contributed by atoms with van der Waals surface area (Å²) in [6, 6.07) is 4.89. The van der Waals surface area contributed by atoms with Gasteiger partial charge >= 0.3 is 0 Å². The number of nitrogens with two attached hydrogens (primary N) is 1. The van der Waals surface area contributed by atoms with E-state index in [2.05, 4.69) is 0 Å². The summed E-state index contributed by atoms with van der Waals surface area (Å²) in [5, 5.41) is 17.6. The zero-order valence-corrected chi connectivity index (χ0v) is 7.23. The summed E-state index contributed by atoms with van der Waals surface area (Å²) < 4.78 is 5.08. The number of ether oxygens (including phenoxy) is 1. The van der Waals surface area contributed by atoms with Gasteiger partial charge in [-0.15, -0.1) is 0 Å². The minimum absolute atomic E-state index is 0.00751. The molecule has 13 heavy (non-hydrogen) atoms. The van der Waals surface area contributed by atoms with Crippen LogP contribution in [0.3, 0.4) is 0 Å². The third-order valence-electron chi connectivity index (χ3n) is 1.60. The predicted molar refractivity (Wildman–Crippen MR) is 49.3 cm³/mol. The van der Waals surface area contributed by atoms with Gasteiger partial charge in [-0.25, -0.2) is 0 Å². The molecule has 0 aromatic heterocycles. The van der Waals surface area contributed by atoms with E-state index in [4.69, 9.17) is 20.7 Å². The van der Waals surface area contributed by atoms with Crippen molar-refractivity contribution in [2.75, 3.05) is 18.9 Å². The van der Waals surface area contributed by atoms with E-state index < -0.39 is 0 Å². The number of phenolic OH excluding ortho intramolecular Hbond substituents is 1. The van der Waals surface area contributed by atoms with E-state index in [0.29, 0.717) is 18.9 Å². The Morgan fingerprint density at radius 2 is 2.15 bits per heavy atom. The number of aromatic hydroxyl groups is 1. The summed E-state index contributed by atoms with van der Waals surface area (Å²) in [6.45, 7) is 0.708. The van der Waals surface area contributed by atoms with Gasteiger partial charge in [0.1, 0.15) is 5.75 Å². The number of aliphatic hydroxyl groups is 1. The van der Waals surface area contributed by atoms with Crippen molar-refractivity contribution in [2.45, 2.75) is 6.61 Å². The van der Waals surface area contributed by atoms with Gasteiger partial charge < -0.3 is 20.7 Å². The van der Waals surface area contributed by atoms with Crippen molar-refractivity contribution in [2.24, 2.45) is 0 Å². The van der Waals surface area contributed by atoms with Crippen LogP contribution in [0.1, 0.15) is 5.56 Å². The molecule has 0 atom stereocenters. The Balaban J connectivity index is 2.53. The molecule has 0 fully saturated rings. The van der Waals surface area contributed by atoms with E-state index in [0.717, 1.165) is 5.56 Å². The number of hydrogen-bond acceptors (Lipinski definition) is 4. The zero-order valence-electron chi connectivity index (χ0n) is 7.23. The lowest BCUT2D eigenvalue weighted by atomic mass is 10.2. The molecule has 72 valence electrons. The number of benzene rings is 1. The van der Waals surface area contributed by atoms with E-state index in [-0.39, 0.29) is 12.4 Å². The summed E-state index contributed by atoms with van der Waals surface area (Å²) >= 11 is 0. The maximum absolute atomic E-state index is 9.11. The molecule has 0 unspecified atom stereocenters. The smallest absolute Gasteiger partial charge is 0.138 e. The Kier molecular flexibility index (Phi) is 3.54. The van der Waals surface area contributed by atoms with Gasteiger partial charge in [-0.2, -0.15) is 0 Å². The van der Waals surface area contributed by atoms with Crippen molar-refractivity contribution in [3.8, 4) is 5.75 Å². The summed E-state index contributed by atoms with van der Waals surface area (Å²) in [5.74, 6) is 0.0749. The van der Waals surface area contributed by atoms with Crippen molar-refractivity contribution in [3.63, 3.8) is 0 Å². The van der Waals surface area contributed by atoms with Gasteiger partial charge in [0.05, 0.1) is 25.5 Å². The fourth-order valence-corrected chi connectivity index (χ4v) is 0.948. The lowest BCUT2D eigenvalue weighted by molar-refractivity contribution is 0.0815. The van der Waals surface area contributed by atoms with Gasteiger partial charge in [-0.1, -0.05) is 6.07 Å². The van der Waals surface area contributed by atoms with E-state index in [1.807, 2.05) is 0 Å². The third kappa shape index (κ3) is 2.93. The summed E-state index contributed by atoms with van der Waals surface area (Å²) in [4.78, 5) is 0. The Bertz CT molecular complexity index is 276. The molecule has 0 saturated carbocycles. The first-order valence-electron chi connectivity index (χ1n) is 4.00. The highest BCUT2D eigenvalue weighted by molar-refractivity contribution is 5.53. The van der Waals surface area contributed by atoms with Crippen LogP contribution in [0.15, 0.2) is 18.2 Å². The molecule has 1 rings (SSSR count). The summed E-state index contributed by atoms with van der Waals surface area (Å²) in [5.41, 5.74) is 6.69. The molecule has 4 nitrogen and oxygen atoms in total. The average Bonchev–Trinajstić information content (AvgIpc) is 2.12. The van der Waals surface area contributed by atoms with Gasteiger partial charge in [-0.05, 0) is 17.7 Å². The first-order valence-corrected chi connectivity index (χ1v) is 4.00. The van der Waals surface area contributed by atoms with E-state index in [1.165, 1.54) is 6.07 Å². The average molecular weight is 183 g/mol. The van der Waals surface area contributed by atoms with Crippen LogP contribution < -0.4 is 5.73 Å². The van der Waals surface area contributed by atoms with Crippen LogP contribution in [-0.2, 0) is 11.3 Å². The third-order valence-corrected chi connectivity index (χ3v) is 1.60. The number of nitrogen functional groups attached to an aromatic ring is 1. The first-order chi connectivity index (χ1) is 6.24. The fraction of sp³-hybridized carbons (Fsp3) is 0.333. The van der Waals surface area contributed by atoms with Gasteiger partial charge in [0, 0.05) is 0 Å². The van der Waals surface area contributed by atoms with Crippen molar-refractivity contribution in [1.29, 1.82) is 0 Å². The monoisotopic (exact) mass is 183 g/mol. The largest absolute Gasteiger partial charge is 0.506 e. The molecule has 1 aromatic carbocycles. The van der Waals surface area contributed by atoms with Crippen molar-refractivity contribution in [3.05, 3.63) is 23.8 Å². The molecule has 4 N–H and O–H groups in total. The maximum atomic E-state index is 9.11. The molecule has 4 heteroatoms. The molecule has 1 aromatic rings. The van der Waals surface area contributed by atoms with Crippen LogP contribution in [0.25, 0.3) is 0 Å². The molecule has 0 spiro atoms. The predicted octanol–water partition coefficient (Wildman–Crippen LogP) is 0.483. The Morgan fingerprint density at radius 3 is 2.77 bits per heavy atom. The minimum Gasteiger partial charge on any atom is -0.506 e. The normalized spacial score (nSPS) is 10.2. The molecule has 0 amide bonds. The molecule has 0 aliphatic carbocycles. The lowest BCUT2D eigenvalue weighted by Crippen LogP contribution is -1.99. The number of anilines is 1. The number of phenols is 1. The van der Waals surface area contributed by atoms with E-state index in [1.54, 1.807) is 12.1 Å². The van der Waals surface area contributed by atoms with E-state index >= 15 is 0 Å². The highest BCUT2D eigenvalue weighted by Gasteiger charge is 1.98. The minimum atomic E-state index is 0.00751. The highest BCUT2D eigenvalue weighted by atomic mass is 16.5. The molecule has 0 radical (unpaired) electrons. The van der Waals surface area contributed by atoms with Crippen LogP contribution in [0.5, 0.6) is 5.75 Å². The molecule has 0 heterocycles. The van der Waals surface area contributed by atoms with Gasteiger partial charge in [0.2, 0.25) is 0 Å². The lowest BCUT2D eigenvalue weighted by Gasteiger charge is -2.04. The molecule has 0 aliphatic rings. The quantitative estimate of drug-likeness (QED) is 0.360. The van der Waals surface area contributed by atoms with Gasteiger partial charge in [0.25, 0.3) is 0 Å². The van der Waals surface area contributed by atoms with Crippen LogP contribution in [-0.4, -0.2) is 23.4 Å². The fourth-order valence-electron chi connectivity index (χ4n) is 0.948. The van der Waals surface area contributed by atoms with Crippen molar-refractivity contribution >= 4 is 5.69 Å². The Labute approximate surface area is 76.6 Å². The summed E-state index contributed by atoms with van der Waals surface area (Å²) in [6.07, 6.45) is 0. The molecule has 0 saturated heterocycles. The first kappa shape index (κ1) is 9.83. The van der Waals surface area contributed by atoms with Crippen molar-refractivity contribution < 1.29 is 14.9 Å². The van der Waals surface area contributed by atoms with Crippen LogP contribution in [0, 0.1) is 0 Å². The summed E-state index contributed by atoms with van der Waals surface area (Å²) in [7, 11) is 0. The number of aliphatic hydroxyl groups excluding tert-OH is 1. The second-order valence-electron chi connectivity index (χ2n) is 2.67. The standard InChI is InChI=1S/C9H13NO3/c10-8-5-7(1-2-9(8)12)6-13-4-3-11/h1-2,5,11-12H,3-4,6,10H2. The SMILES string of the molecule is Nc1cc(COCCO)ccc1O. The molecular weight excluding hydrogens is 170 g/mol. The number of rotatable bonds is 4. The second-order valence-corrected chi connectivity index (χ2v) is 2.67. The molecular formula is C9H13NO3. The van der Waals surface area contributed by atoms with Gasteiger partial charge in [-0.3, -0.25) is 0 Å². The maximum Gasteiger partial charge on any atom is 0.138 e. The number of hydrogen-bond donors (Lipinski definition) is 3. The van der Waals surface area contributed by atoms with E-state index in [9.17, 15) is 0 Å². The Hall–Kier alpha value is -1.26. The van der Waals surface area contributed by atoms with Crippen LogP contribution >= 0.6 is 0 Å². The Morgan fingerprint density at radius 1 is 1.38 bits per heavy atom. The van der Waals surface area contributed by atoms with Crippen molar-refractivity contribution in [1.82, 2.24) is 0 Å². The van der Waals surface area contributed by atoms with Gasteiger partial charge in [0.15, 0.2) is 0 Å². The highest BCUT2D eigenvalue weighted by Crippen LogP contribution is 2.20. The topological polar surface area (TPSA) is 75.7 Å². The molecule has 0 aliphatic heterocycles. The second kappa shape index (κ2) is 4.69. The van der Waals surface area contributed by atoms with Crippen LogP contribution in [0.2, 0.25) is 0 Å². The molecule has 0 bridgehead atoms. The van der Waals surface area contributed by atoms with Crippen LogP contribution in [0.4, 0.5) is 5.69 Å².